The fourth-order valence-corrected chi connectivity index (χ4v) is 3.72. The van der Waals surface area contributed by atoms with Gasteiger partial charge in [0, 0.05) is 29.5 Å². The normalized spacial score (nSPS) is 12.7. The molecule has 1 aliphatic rings. The highest BCUT2D eigenvalue weighted by Crippen LogP contribution is 2.36. The summed E-state index contributed by atoms with van der Waals surface area (Å²) in [5.41, 5.74) is 3.97. The minimum absolute atomic E-state index is 0.0325. The predicted molar refractivity (Wildman–Crippen MR) is 127 cm³/mol. The lowest BCUT2D eigenvalue weighted by Crippen LogP contribution is -2.15. The number of nitro benzene ring substituents is 1. The lowest BCUT2D eigenvalue weighted by Gasteiger charge is -2.18. The van der Waals surface area contributed by atoms with Gasteiger partial charge < -0.3 is 9.47 Å². The molecule has 0 fully saturated rings. The predicted octanol–water partition coefficient (Wildman–Crippen LogP) is 5.28. The van der Waals surface area contributed by atoms with Gasteiger partial charge in [-0.1, -0.05) is 18.2 Å². The number of non-ortho nitro benzene ring substituents is 1. The first-order chi connectivity index (χ1) is 16.6. The van der Waals surface area contributed by atoms with Crippen molar-refractivity contribution in [2.45, 2.75) is 0 Å². The Labute approximate surface area is 195 Å². The van der Waals surface area contributed by atoms with Crippen LogP contribution in [0.4, 0.5) is 5.69 Å². The molecule has 2 heterocycles. The number of aromatic nitrogens is 2. The Morgan fingerprint density at radius 3 is 2.47 bits per heavy atom. The number of hydrogen-bond donors (Lipinski definition) is 0. The lowest BCUT2D eigenvalue weighted by atomic mass is 10.0. The Kier molecular flexibility index (Phi) is 5.50. The summed E-state index contributed by atoms with van der Waals surface area (Å²) in [6, 6.07) is 23.4. The fraction of sp³-hybridized carbons (Fsp3) is 0.0769. The zero-order valence-electron chi connectivity index (χ0n) is 17.9. The Balaban J connectivity index is 1.62. The van der Waals surface area contributed by atoms with Crippen LogP contribution < -0.4 is 9.47 Å². The van der Waals surface area contributed by atoms with Crippen LogP contribution in [0.2, 0.25) is 0 Å². The minimum Gasteiger partial charge on any atom is -0.486 e. The van der Waals surface area contributed by atoms with Crippen LogP contribution in [0.1, 0.15) is 11.1 Å². The zero-order chi connectivity index (χ0) is 23.5. The molecule has 0 atom stereocenters. The Morgan fingerprint density at radius 2 is 1.76 bits per heavy atom. The van der Waals surface area contributed by atoms with Crippen LogP contribution in [0.25, 0.3) is 28.6 Å². The third-order valence-electron chi connectivity index (χ3n) is 5.39. The van der Waals surface area contributed by atoms with Crippen molar-refractivity contribution in [3.8, 4) is 34.5 Å². The van der Waals surface area contributed by atoms with E-state index in [2.05, 4.69) is 6.07 Å². The standard InChI is InChI=1S/C26H18N4O4/c27-16-20(18-6-9-23(10-7-18)30(31)32)14-21-17-29(22-4-2-1-3-5-22)28-26(21)19-8-11-24-25(15-19)34-13-12-33-24/h1-11,14-15,17H,12-13H2/b20-14+. The maximum Gasteiger partial charge on any atom is 0.269 e. The third-order valence-corrected chi connectivity index (χ3v) is 5.39. The van der Waals surface area contributed by atoms with Crippen LogP contribution in [0.5, 0.6) is 11.5 Å². The van der Waals surface area contributed by atoms with Crippen molar-refractivity contribution >= 4 is 17.3 Å². The molecule has 0 bridgehead atoms. The molecule has 5 rings (SSSR count). The molecule has 34 heavy (non-hydrogen) atoms. The second-order valence-corrected chi connectivity index (χ2v) is 7.55. The van der Waals surface area contributed by atoms with E-state index in [1.165, 1.54) is 12.1 Å². The summed E-state index contributed by atoms with van der Waals surface area (Å²) in [4.78, 5) is 10.5. The quantitative estimate of drug-likeness (QED) is 0.233. The fourth-order valence-electron chi connectivity index (χ4n) is 3.72. The van der Waals surface area contributed by atoms with Gasteiger partial charge in [-0.25, -0.2) is 4.68 Å². The van der Waals surface area contributed by atoms with Crippen LogP contribution in [0, 0.1) is 21.4 Å². The van der Waals surface area contributed by atoms with Crippen LogP contribution >= 0.6 is 0 Å². The van der Waals surface area contributed by atoms with Crippen molar-refractivity contribution in [1.82, 2.24) is 9.78 Å². The molecule has 0 saturated heterocycles. The monoisotopic (exact) mass is 450 g/mol. The molecule has 0 saturated carbocycles. The van der Waals surface area contributed by atoms with E-state index in [-0.39, 0.29) is 5.69 Å². The lowest BCUT2D eigenvalue weighted by molar-refractivity contribution is -0.384. The van der Waals surface area contributed by atoms with Crippen molar-refractivity contribution < 1.29 is 14.4 Å². The van der Waals surface area contributed by atoms with Crippen molar-refractivity contribution in [2.75, 3.05) is 13.2 Å². The summed E-state index contributed by atoms with van der Waals surface area (Å²) in [7, 11) is 0. The minimum atomic E-state index is -0.469. The molecule has 1 aromatic heterocycles. The molecule has 0 spiro atoms. The topological polar surface area (TPSA) is 103 Å². The van der Waals surface area contributed by atoms with Gasteiger partial charge in [-0.3, -0.25) is 10.1 Å². The maximum absolute atomic E-state index is 11.0. The highest BCUT2D eigenvalue weighted by Gasteiger charge is 2.17. The van der Waals surface area contributed by atoms with Gasteiger partial charge in [0.05, 0.1) is 22.3 Å². The molecule has 8 nitrogen and oxygen atoms in total. The molecule has 0 amide bonds. The Bertz CT molecular complexity index is 1430. The van der Waals surface area contributed by atoms with E-state index in [0.29, 0.717) is 41.5 Å². The number of para-hydroxylation sites is 1. The molecule has 4 aromatic rings. The van der Waals surface area contributed by atoms with Gasteiger partial charge in [-0.15, -0.1) is 0 Å². The van der Waals surface area contributed by atoms with Crippen molar-refractivity contribution in [2.24, 2.45) is 0 Å². The molecular formula is C26H18N4O4. The molecule has 0 aliphatic carbocycles. The van der Waals surface area contributed by atoms with Crippen molar-refractivity contribution in [3.63, 3.8) is 0 Å². The summed E-state index contributed by atoms with van der Waals surface area (Å²) in [5, 5.41) is 25.6. The van der Waals surface area contributed by atoms with E-state index < -0.39 is 4.92 Å². The molecule has 0 unspecified atom stereocenters. The number of fused-ring (bicyclic) bond motifs is 1. The highest BCUT2D eigenvalue weighted by molar-refractivity contribution is 5.92. The first kappa shape index (κ1) is 21.0. The number of rotatable bonds is 5. The summed E-state index contributed by atoms with van der Waals surface area (Å²) in [6.07, 6.45) is 3.59. The molecule has 0 N–H and O–H groups in total. The van der Waals surface area contributed by atoms with E-state index in [4.69, 9.17) is 14.6 Å². The third kappa shape index (κ3) is 4.10. The molecule has 0 radical (unpaired) electrons. The summed E-state index contributed by atoms with van der Waals surface area (Å²) in [5.74, 6) is 1.32. The smallest absolute Gasteiger partial charge is 0.269 e. The van der Waals surface area contributed by atoms with E-state index in [9.17, 15) is 15.4 Å². The number of nitrogens with zero attached hydrogens (tertiary/aromatic N) is 4. The second kappa shape index (κ2) is 8.92. The summed E-state index contributed by atoms with van der Waals surface area (Å²) < 4.78 is 13.1. The zero-order valence-corrected chi connectivity index (χ0v) is 17.9. The van der Waals surface area contributed by atoms with Gasteiger partial charge in [0.1, 0.15) is 18.9 Å². The summed E-state index contributed by atoms with van der Waals surface area (Å²) in [6.45, 7) is 0.976. The average Bonchev–Trinajstić information content (AvgIpc) is 3.31. The van der Waals surface area contributed by atoms with Crippen LogP contribution in [0.15, 0.2) is 79.0 Å². The van der Waals surface area contributed by atoms with Gasteiger partial charge in [-0.2, -0.15) is 10.4 Å². The Morgan fingerprint density at radius 1 is 1.03 bits per heavy atom. The first-order valence-corrected chi connectivity index (χ1v) is 10.5. The van der Waals surface area contributed by atoms with E-state index in [1.54, 1.807) is 22.9 Å². The molecule has 3 aromatic carbocycles. The Hall–Kier alpha value is -4.90. The van der Waals surface area contributed by atoms with Gasteiger partial charge in [-0.05, 0) is 54.1 Å². The summed E-state index contributed by atoms with van der Waals surface area (Å²) >= 11 is 0. The van der Waals surface area contributed by atoms with Gasteiger partial charge >= 0.3 is 0 Å². The first-order valence-electron chi connectivity index (χ1n) is 10.5. The van der Waals surface area contributed by atoms with Crippen LogP contribution in [0.3, 0.4) is 0 Å². The van der Waals surface area contributed by atoms with Gasteiger partial charge in [0.15, 0.2) is 11.5 Å². The number of hydrogen-bond acceptors (Lipinski definition) is 6. The SMILES string of the molecule is N#C/C(=C\c1cn(-c2ccccc2)nc1-c1ccc2c(c1)OCCO2)c1ccc([N+](=O)[O-])cc1. The van der Waals surface area contributed by atoms with Crippen LogP contribution in [-0.4, -0.2) is 27.9 Å². The second-order valence-electron chi connectivity index (χ2n) is 7.55. The number of nitro groups is 1. The van der Waals surface area contributed by atoms with E-state index in [1.807, 2.05) is 54.7 Å². The van der Waals surface area contributed by atoms with Gasteiger partial charge in [0.25, 0.3) is 5.69 Å². The van der Waals surface area contributed by atoms with Gasteiger partial charge in [0.2, 0.25) is 0 Å². The van der Waals surface area contributed by atoms with Crippen LogP contribution in [-0.2, 0) is 0 Å². The highest BCUT2D eigenvalue weighted by atomic mass is 16.6. The molecule has 1 aliphatic heterocycles. The largest absolute Gasteiger partial charge is 0.486 e. The molecule has 8 heteroatoms. The van der Waals surface area contributed by atoms with E-state index in [0.717, 1.165) is 16.8 Å². The number of ether oxygens (including phenoxy) is 2. The molecule has 166 valence electrons. The number of benzene rings is 3. The maximum atomic E-state index is 11.0. The average molecular weight is 450 g/mol. The molecular weight excluding hydrogens is 432 g/mol. The number of allylic oxidation sites excluding steroid dienone is 1. The van der Waals surface area contributed by atoms with Crippen molar-refractivity contribution in [1.29, 1.82) is 5.26 Å². The van der Waals surface area contributed by atoms with E-state index >= 15 is 0 Å². The van der Waals surface area contributed by atoms with Crippen molar-refractivity contribution in [3.05, 3.63) is 100 Å². The number of nitriles is 1.